The molecule has 3 heterocycles. The average molecular weight is 575 g/mol. The molecule has 3 aromatic carbocycles. The van der Waals surface area contributed by atoms with Crippen molar-refractivity contribution in [2.24, 2.45) is 0 Å². The maximum atomic E-state index is 14.3. The maximum Gasteiger partial charge on any atom is 0.208 e. The third-order valence-corrected chi connectivity index (χ3v) is 12.6. The van der Waals surface area contributed by atoms with Crippen molar-refractivity contribution in [3.05, 3.63) is 105 Å². The lowest BCUT2D eigenvalue weighted by Crippen LogP contribution is -2.02. The van der Waals surface area contributed by atoms with Crippen LogP contribution in [-0.2, 0) is 26.1 Å². The molecule has 0 aliphatic carbocycles. The molecular weight excluding hydrogens is 549 g/mol. The zero-order chi connectivity index (χ0) is 27.5. The van der Waals surface area contributed by atoms with Crippen molar-refractivity contribution in [1.29, 1.82) is 0 Å². The number of sulfone groups is 2. The lowest BCUT2D eigenvalue weighted by atomic mass is 9.90. The minimum Gasteiger partial charge on any atom is -0.497 e. The van der Waals surface area contributed by atoms with Crippen LogP contribution < -0.4 is 4.74 Å². The van der Waals surface area contributed by atoms with Crippen molar-refractivity contribution in [2.45, 2.75) is 36.5 Å². The van der Waals surface area contributed by atoms with Crippen molar-refractivity contribution in [2.75, 3.05) is 7.11 Å². The molecule has 0 spiro atoms. The molecular formula is C31H26O5S3. The van der Waals surface area contributed by atoms with Gasteiger partial charge in [0.25, 0.3) is 0 Å². The second kappa shape index (κ2) is 9.33. The molecule has 2 aliphatic heterocycles. The highest BCUT2D eigenvalue weighted by molar-refractivity contribution is 8.01. The number of rotatable bonds is 6. The Morgan fingerprint density at radius 2 is 1.28 bits per heavy atom. The normalized spacial score (nSPS) is 16.9. The third kappa shape index (κ3) is 3.77. The van der Waals surface area contributed by atoms with Crippen molar-refractivity contribution < 1.29 is 21.6 Å². The number of hydrogen-bond donors (Lipinski definition) is 0. The van der Waals surface area contributed by atoms with Gasteiger partial charge in [-0.3, -0.25) is 0 Å². The van der Waals surface area contributed by atoms with Crippen LogP contribution in [0.15, 0.2) is 93.6 Å². The fourth-order valence-electron chi connectivity index (χ4n) is 5.55. The van der Waals surface area contributed by atoms with Crippen molar-refractivity contribution in [3.8, 4) is 16.2 Å². The van der Waals surface area contributed by atoms with Gasteiger partial charge in [0.1, 0.15) is 5.75 Å². The van der Waals surface area contributed by atoms with Crippen molar-refractivity contribution in [3.63, 3.8) is 0 Å². The Labute approximate surface area is 233 Å². The lowest BCUT2D eigenvalue weighted by molar-refractivity contribution is 0.415. The third-order valence-electron chi connectivity index (χ3n) is 7.31. The highest BCUT2D eigenvalue weighted by Crippen LogP contribution is 2.56. The van der Waals surface area contributed by atoms with Crippen molar-refractivity contribution >= 4 is 47.1 Å². The SMILES string of the molecule is CCC1=C(C2=C(c3cc(-c4ccc(OC)cc4)sc3CC)S(=O)(=O)c3ccccc32)c2ccccc2S1(=O)=O. The number of fused-ring (bicyclic) bond motifs is 2. The van der Waals surface area contributed by atoms with Gasteiger partial charge >= 0.3 is 0 Å². The summed E-state index contributed by atoms with van der Waals surface area (Å²) in [5, 5.41) is 0. The standard InChI is InChI=1S/C31H26O5S3/c1-4-24-23(18-25(37-24)19-14-16-20(36-3)17-15-19)31-30(22-11-7-9-13-28(22)39(31,34)35)29-21-10-6-8-12-27(21)38(32,33)26(29)5-2/h6-18H,4-5H2,1-3H3. The summed E-state index contributed by atoms with van der Waals surface area (Å²) in [5.74, 6) is 0.741. The summed E-state index contributed by atoms with van der Waals surface area (Å²) < 4.78 is 61.1. The summed E-state index contributed by atoms with van der Waals surface area (Å²) in [5.41, 5.74) is 3.65. The molecule has 0 saturated carbocycles. The summed E-state index contributed by atoms with van der Waals surface area (Å²) in [7, 11) is -6.06. The largest absolute Gasteiger partial charge is 0.497 e. The second-order valence-electron chi connectivity index (χ2n) is 9.38. The molecule has 0 atom stereocenters. The summed E-state index contributed by atoms with van der Waals surface area (Å²) in [6.45, 7) is 3.81. The van der Waals surface area contributed by atoms with Gasteiger partial charge in [-0.2, -0.15) is 0 Å². The number of hydrogen-bond acceptors (Lipinski definition) is 6. The molecule has 4 aromatic rings. The van der Waals surface area contributed by atoms with E-state index < -0.39 is 19.7 Å². The predicted octanol–water partition coefficient (Wildman–Crippen LogP) is 7.25. The number of methoxy groups -OCH3 is 1. The Balaban J connectivity index is 1.71. The van der Waals surface area contributed by atoms with E-state index in [0.29, 0.717) is 34.3 Å². The summed E-state index contributed by atoms with van der Waals surface area (Å²) in [4.78, 5) is 2.74. The molecule has 6 rings (SSSR count). The molecule has 198 valence electrons. The Kier molecular flexibility index (Phi) is 6.17. The van der Waals surface area contributed by atoms with E-state index in [1.165, 1.54) is 0 Å². The Bertz CT molecular complexity index is 1920. The van der Waals surface area contributed by atoms with Crippen LogP contribution in [0, 0.1) is 0 Å². The van der Waals surface area contributed by atoms with Gasteiger partial charge in [0, 0.05) is 37.6 Å². The maximum absolute atomic E-state index is 14.3. The summed E-state index contributed by atoms with van der Waals surface area (Å²) in [6.07, 6.45) is 0.889. The van der Waals surface area contributed by atoms with Gasteiger partial charge in [0.05, 0.1) is 26.7 Å². The van der Waals surface area contributed by atoms with E-state index in [-0.39, 0.29) is 26.0 Å². The van der Waals surface area contributed by atoms with E-state index in [4.69, 9.17) is 4.74 Å². The van der Waals surface area contributed by atoms with Crippen LogP contribution in [0.1, 0.15) is 41.8 Å². The van der Waals surface area contributed by atoms with E-state index >= 15 is 0 Å². The summed E-state index contributed by atoms with van der Waals surface area (Å²) >= 11 is 1.56. The van der Waals surface area contributed by atoms with E-state index in [9.17, 15) is 16.8 Å². The van der Waals surface area contributed by atoms with E-state index in [2.05, 4.69) is 0 Å². The monoisotopic (exact) mass is 574 g/mol. The van der Waals surface area contributed by atoms with Gasteiger partial charge in [0.2, 0.25) is 19.7 Å². The molecule has 8 heteroatoms. The molecule has 0 bridgehead atoms. The van der Waals surface area contributed by atoms with Crippen LogP contribution in [0.2, 0.25) is 0 Å². The number of benzene rings is 3. The topological polar surface area (TPSA) is 77.5 Å². The van der Waals surface area contributed by atoms with Gasteiger partial charge in [-0.15, -0.1) is 11.3 Å². The average Bonchev–Trinajstić information content (AvgIpc) is 3.54. The first-order chi connectivity index (χ1) is 18.7. The molecule has 5 nitrogen and oxygen atoms in total. The summed E-state index contributed by atoms with van der Waals surface area (Å²) in [6, 6.07) is 23.4. The first-order valence-electron chi connectivity index (χ1n) is 12.7. The van der Waals surface area contributed by atoms with Gasteiger partial charge in [0.15, 0.2) is 0 Å². The molecule has 2 aliphatic rings. The minimum absolute atomic E-state index is 0.185. The van der Waals surface area contributed by atoms with Gasteiger partial charge in [-0.1, -0.05) is 50.2 Å². The van der Waals surface area contributed by atoms with Crippen LogP contribution in [0.5, 0.6) is 5.75 Å². The van der Waals surface area contributed by atoms with Crippen LogP contribution in [0.25, 0.3) is 26.5 Å². The van der Waals surface area contributed by atoms with Crippen LogP contribution in [0.4, 0.5) is 0 Å². The fraction of sp³-hybridized carbons (Fsp3) is 0.161. The molecule has 0 radical (unpaired) electrons. The molecule has 0 fully saturated rings. The smallest absolute Gasteiger partial charge is 0.208 e. The lowest BCUT2D eigenvalue weighted by Gasteiger charge is -2.12. The number of allylic oxidation sites excluding steroid dienone is 3. The second-order valence-corrected chi connectivity index (χ2v) is 14.3. The molecule has 0 N–H and O–H groups in total. The highest BCUT2D eigenvalue weighted by atomic mass is 32.2. The zero-order valence-electron chi connectivity index (χ0n) is 21.7. The first kappa shape index (κ1) is 25.8. The predicted molar refractivity (Wildman–Crippen MR) is 157 cm³/mol. The molecule has 0 saturated heterocycles. The quantitative estimate of drug-likeness (QED) is 0.242. The molecule has 0 amide bonds. The van der Waals surface area contributed by atoms with Crippen molar-refractivity contribution in [1.82, 2.24) is 0 Å². The van der Waals surface area contributed by atoms with E-state index in [0.717, 1.165) is 21.1 Å². The molecule has 39 heavy (non-hydrogen) atoms. The molecule has 0 unspecified atom stereocenters. The van der Waals surface area contributed by atoms with Gasteiger partial charge in [-0.05, 0) is 60.9 Å². The van der Waals surface area contributed by atoms with E-state index in [1.807, 2.05) is 37.3 Å². The fourth-order valence-corrected chi connectivity index (χ4v) is 10.5. The number of thiophene rings is 1. The number of ether oxygens (including phenoxy) is 1. The minimum atomic E-state index is -3.93. The molecule has 1 aromatic heterocycles. The Hall–Kier alpha value is -3.46. The van der Waals surface area contributed by atoms with E-state index in [1.54, 1.807) is 73.9 Å². The highest BCUT2D eigenvalue weighted by Gasteiger charge is 2.44. The zero-order valence-corrected chi connectivity index (χ0v) is 24.1. The van der Waals surface area contributed by atoms with Gasteiger partial charge in [-0.25, -0.2) is 16.8 Å². The number of aryl methyl sites for hydroxylation is 1. The van der Waals surface area contributed by atoms with Crippen LogP contribution >= 0.6 is 11.3 Å². The Morgan fingerprint density at radius 1 is 0.692 bits per heavy atom. The van der Waals surface area contributed by atoms with Crippen LogP contribution in [0.3, 0.4) is 0 Å². The first-order valence-corrected chi connectivity index (χ1v) is 16.5. The Morgan fingerprint density at radius 3 is 1.87 bits per heavy atom. The van der Waals surface area contributed by atoms with Crippen LogP contribution in [-0.4, -0.2) is 23.9 Å². The van der Waals surface area contributed by atoms with Gasteiger partial charge < -0.3 is 4.74 Å².